The molecule has 118 valence electrons. The third-order valence-corrected chi connectivity index (χ3v) is 4.72. The predicted molar refractivity (Wildman–Crippen MR) is 90.6 cm³/mol. The van der Waals surface area contributed by atoms with Gasteiger partial charge in [0.1, 0.15) is 11.9 Å². The zero-order valence-corrected chi connectivity index (χ0v) is 13.4. The monoisotopic (exact) mass is 327 g/mol. The first kappa shape index (κ1) is 15.8. The highest BCUT2D eigenvalue weighted by Gasteiger charge is 2.31. The lowest BCUT2D eigenvalue weighted by Gasteiger charge is -2.39. The van der Waals surface area contributed by atoms with Crippen LogP contribution in [0.25, 0.3) is 0 Å². The van der Waals surface area contributed by atoms with Crippen LogP contribution in [0.2, 0.25) is 5.02 Å². The van der Waals surface area contributed by atoms with Crippen molar-refractivity contribution in [1.82, 2.24) is 4.98 Å². The summed E-state index contributed by atoms with van der Waals surface area (Å²) in [6, 6.07) is 14.0. The Morgan fingerprint density at radius 3 is 2.78 bits per heavy atom. The smallest absolute Gasteiger partial charge is 0.147 e. The highest BCUT2D eigenvalue weighted by atomic mass is 35.5. The fourth-order valence-electron chi connectivity index (χ4n) is 3.27. The van der Waals surface area contributed by atoms with Gasteiger partial charge in [-0.05, 0) is 24.0 Å². The molecule has 0 unspecified atom stereocenters. The van der Waals surface area contributed by atoms with Gasteiger partial charge in [0, 0.05) is 31.8 Å². The number of nitrogens with zero attached hydrogens (tertiary/aromatic N) is 3. The average molecular weight is 328 g/mol. The molecule has 2 aromatic rings. The fraction of sp³-hybridized carbons (Fsp3) is 0.333. The van der Waals surface area contributed by atoms with E-state index >= 15 is 0 Å². The molecule has 2 heterocycles. The second-order valence-electron chi connectivity index (χ2n) is 5.84. The van der Waals surface area contributed by atoms with Gasteiger partial charge in [-0.2, -0.15) is 5.26 Å². The number of aromatic nitrogens is 1. The van der Waals surface area contributed by atoms with E-state index in [1.807, 2.05) is 24.3 Å². The van der Waals surface area contributed by atoms with Gasteiger partial charge in [-0.15, -0.1) is 0 Å². The SMILES string of the molecule is N#Cc1cnc(N2CC[C@@H](c3ccccc3)[C@@H](CO)C2)c(Cl)c1. The maximum Gasteiger partial charge on any atom is 0.147 e. The lowest BCUT2D eigenvalue weighted by Crippen LogP contribution is -2.41. The lowest BCUT2D eigenvalue weighted by molar-refractivity contribution is 0.189. The van der Waals surface area contributed by atoms with Crippen LogP contribution in [0.5, 0.6) is 0 Å². The highest BCUT2D eigenvalue weighted by Crippen LogP contribution is 2.36. The van der Waals surface area contributed by atoms with Gasteiger partial charge in [-0.25, -0.2) is 4.98 Å². The molecule has 23 heavy (non-hydrogen) atoms. The zero-order valence-electron chi connectivity index (χ0n) is 12.7. The Hall–Kier alpha value is -2.09. The van der Waals surface area contributed by atoms with E-state index in [1.165, 1.54) is 5.56 Å². The first-order chi connectivity index (χ1) is 11.2. The van der Waals surface area contributed by atoms with Gasteiger partial charge in [0.15, 0.2) is 0 Å². The van der Waals surface area contributed by atoms with Crippen molar-refractivity contribution in [3.05, 3.63) is 58.7 Å². The van der Waals surface area contributed by atoms with Crippen LogP contribution in [0.3, 0.4) is 0 Å². The molecule has 0 spiro atoms. The predicted octanol–water partition coefficient (Wildman–Crippen LogP) is 3.21. The molecule has 5 heteroatoms. The Morgan fingerprint density at radius 2 is 2.13 bits per heavy atom. The second kappa shape index (κ2) is 6.99. The molecular weight excluding hydrogens is 310 g/mol. The Morgan fingerprint density at radius 1 is 1.35 bits per heavy atom. The number of rotatable bonds is 3. The van der Waals surface area contributed by atoms with Gasteiger partial charge < -0.3 is 10.0 Å². The third-order valence-electron chi connectivity index (χ3n) is 4.45. The molecule has 1 aromatic heterocycles. The quantitative estimate of drug-likeness (QED) is 0.940. The first-order valence-electron chi connectivity index (χ1n) is 7.69. The lowest BCUT2D eigenvalue weighted by atomic mass is 9.81. The molecule has 0 bridgehead atoms. The van der Waals surface area contributed by atoms with E-state index < -0.39 is 0 Å². The number of piperidine rings is 1. The normalized spacial score (nSPS) is 21.0. The van der Waals surface area contributed by atoms with E-state index in [1.54, 1.807) is 12.3 Å². The Kier molecular flexibility index (Phi) is 4.80. The standard InChI is InChI=1S/C18H18ClN3O/c19-17-8-13(9-20)10-21-18(17)22-7-6-16(15(11-22)12-23)14-4-2-1-3-5-14/h1-5,8,10,15-16,23H,6-7,11-12H2/t15-,16+/m1/s1. The number of hydrogen-bond donors (Lipinski definition) is 1. The molecule has 1 aromatic carbocycles. The largest absolute Gasteiger partial charge is 0.396 e. The van der Waals surface area contributed by atoms with Gasteiger partial charge in [-0.3, -0.25) is 0 Å². The van der Waals surface area contributed by atoms with Gasteiger partial charge in [0.2, 0.25) is 0 Å². The molecule has 1 aliphatic rings. The van der Waals surface area contributed by atoms with Crippen LogP contribution in [0.1, 0.15) is 23.5 Å². The van der Waals surface area contributed by atoms with Crippen molar-refractivity contribution < 1.29 is 5.11 Å². The number of pyridine rings is 1. The molecule has 3 rings (SSSR count). The number of anilines is 1. The van der Waals surface area contributed by atoms with Crippen molar-refractivity contribution in [1.29, 1.82) is 5.26 Å². The van der Waals surface area contributed by atoms with Crippen LogP contribution >= 0.6 is 11.6 Å². The Bertz CT molecular complexity index is 714. The molecule has 4 nitrogen and oxygen atoms in total. The summed E-state index contributed by atoms with van der Waals surface area (Å²) in [7, 11) is 0. The van der Waals surface area contributed by atoms with E-state index in [0.717, 1.165) is 13.0 Å². The number of nitriles is 1. The summed E-state index contributed by atoms with van der Waals surface area (Å²) in [6.07, 6.45) is 2.48. The second-order valence-corrected chi connectivity index (χ2v) is 6.24. The van der Waals surface area contributed by atoms with E-state index in [2.05, 4.69) is 22.0 Å². The molecule has 2 atom stereocenters. The van der Waals surface area contributed by atoms with Crippen molar-refractivity contribution in [3.63, 3.8) is 0 Å². The molecule has 1 aliphatic heterocycles. The number of halogens is 1. The van der Waals surface area contributed by atoms with E-state index in [4.69, 9.17) is 16.9 Å². The molecule has 1 saturated heterocycles. The summed E-state index contributed by atoms with van der Waals surface area (Å²) in [5.74, 6) is 1.17. The molecule has 0 saturated carbocycles. The number of aliphatic hydroxyl groups excluding tert-OH is 1. The summed E-state index contributed by atoms with van der Waals surface area (Å²) < 4.78 is 0. The van der Waals surface area contributed by atoms with Crippen LogP contribution in [-0.4, -0.2) is 29.8 Å². The summed E-state index contributed by atoms with van der Waals surface area (Å²) in [4.78, 5) is 6.43. The summed E-state index contributed by atoms with van der Waals surface area (Å²) in [6.45, 7) is 1.66. The molecule has 0 radical (unpaired) electrons. The minimum Gasteiger partial charge on any atom is -0.396 e. The molecule has 1 fully saturated rings. The van der Waals surface area contributed by atoms with Crippen molar-refractivity contribution in [3.8, 4) is 6.07 Å². The van der Waals surface area contributed by atoms with Gasteiger partial charge in [0.05, 0.1) is 10.6 Å². The van der Waals surface area contributed by atoms with Crippen LogP contribution in [0, 0.1) is 17.2 Å². The van der Waals surface area contributed by atoms with Gasteiger partial charge >= 0.3 is 0 Å². The van der Waals surface area contributed by atoms with Crippen molar-refractivity contribution in [2.75, 3.05) is 24.6 Å². The minimum atomic E-state index is 0.129. The molecule has 1 N–H and O–H groups in total. The number of aliphatic hydroxyl groups is 1. The average Bonchev–Trinajstić information content (AvgIpc) is 2.61. The van der Waals surface area contributed by atoms with E-state index in [0.29, 0.717) is 28.9 Å². The van der Waals surface area contributed by atoms with Crippen LogP contribution in [-0.2, 0) is 0 Å². The van der Waals surface area contributed by atoms with Gasteiger partial charge in [-0.1, -0.05) is 41.9 Å². The number of hydrogen-bond acceptors (Lipinski definition) is 4. The van der Waals surface area contributed by atoms with Gasteiger partial charge in [0.25, 0.3) is 0 Å². The van der Waals surface area contributed by atoms with Crippen LogP contribution in [0.4, 0.5) is 5.82 Å². The van der Waals surface area contributed by atoms with Crippen LogP contribution in [0.15, 0.2) is 42.6 Å². The van der Waals surface area contributed by atoms with Crippen LogP contribution < -0.4 is 4.90 Å². The summed E-state index contributed by atoms with van der Waals surface area (Å²) >= 11 is 6.27. The molecule has 0 aliphatic carbocycles. The van der Waals surface area contributed by atoms with E-state index in [9.17, 15) is 5.11 Å². The number of benzene rings is 1. The van der Waals surface area contributed by atoms with Crippen molar-refractivity contribution >= 4 is 17.4 Å². The van der Waals surface area contributed by atoms with Crippen molar-refractivity contribution in [2.45, 2.75) is 12.3 Å². The topological polar surface area (TPSA) is 60.2 Å². The fourth-order valence-corrected chi connectivity index (χ4v) is 3.56. The Labute approximate surface area is 141 Å². The van der Waals surface area contributed by atoms with Crippen molar-refractivity contribution in [2.24, 2.45) is 5.92 Å². The maximum absolute atomic E-state index is 9.82. The Balaban J connectivity index is 1.80. The third kappa shape index (κ3) is 3.31. The molecular formula is C18H18ClN3O. The molecule has 0 amide bonds. The first-order valence-corrected chi connectivity index (χ1v) is 8.07. The summed E-state index contributed by atoms with van der Waals surface area (Å²) in [5.41, 5.74) is 1.72. The maximum atomic E-state index is 9.82. The summed E-state index contributed by atoms with van der Waals surface area (Å²) in [5, 5.41) is 19.2. The zero-order chi connectivity index (χ0) is 16.2. The highest BCUT2D eigenvalue weighted by molar-refractivity contribution is 6.33. The minimum absolute atomic E-state index is 0.129. The van der Waals surface area contributed by atoms with E-state index in [-0.39, 0.29) is 12.5 Å².